The molecule has 0 saturated carbocycles. The highest BCUT2D eigenvalue weighted by molar-refractivity contribution is 6.33. The zero-order valence-corrected chi connectivity index (χ0v) is 33.2. The topological polar surface area (TPSA) is 35.6 Å². The summed E-state index contributed by atoms with van der Waals surface area (Å²) in [5.41, 5.74) is 11.8. The Bertz CT molecular complexity index is 3500. The van der Waals surface area contributed by atoms with Crippen molar-refractivity contribution in [3.63, 3.8) is 0 Å². The number of rotatable bonds is 3. The first kappa shape index (κ1) is 33.4. The minimum absolute atomic E-state index is 0.0599. The van der Waals surface area contributed by atoms with Gasteiger partial charge in [-0.05, 0) is 99.5 Å². The van der Waals surface area contributed by atoms with Crippen LogP contribution < -0.4 is 0 Å². The summed E-state index contributed by atoms with van der Waals surface area (Å²) in [5.74, 6) is 0.671. The van der Waals surface area contributed by atoms with Crippen molar-refractivity contribution in [1.29, 1.82) is 0 Å². The molecule has 0 fully saturated rings. The van der Waals surface area contributed by atoms with E-state index >= 15 is 0 Å². The fourth-order valence-corrected chi connectivity index (χ4v) is 10.3. The van der Waals surface area contributed by atoms with Gasteiger partial charge in [0.1, 0.15) is 0 Å². The van der Waals surface area contributed by atoms with Gasteiger partial charge in [-0.3, -0.25) is 4.57 Å². The monoisotopic (exact) mass is 746 g/mol. The van der Waals surface area contributed by atoms with Crippen LogP contribution >= 0.6 is 0 Å². The van der Waals surface area contributed by atoms with Crippen LogP contribution in [0.5, 0.6) is 0 Å². The van der Waals surface area contributed by atoms with E-state index in [1.807, 2.05) is 0 Å². The highest BCUT2D eigenvalue weighted by Crippen LogP contribution is 2.50. The van der Waals surface area contributed by atoms with Crippen molar-refractivity contribution in [2.24, 2.45) is 0 Å². The molecule has 278 valence electrons. The van der Waals surface area contributed by atoms with Crippen LogP contribution in [0.1, 0.15) is 51.7 Å². The van der Waals surface area contributed by atoms with Gasteiger partial charge in [-0.25, -0.2) is 9.97 Å². The van der Waals surface area contributed by atoms with Crippen LogP contribution in [-0.4, -0.2) is 19.1 Å². The molecular weight excluding hydrogens is 705 g/mol. The van der Waals surface area contributed by atoms with E-state index in [4.69, 9.17) is 9.97 Å². The number of benzene rings is 8. The Labute approximate surface area is 337 Å². The van der Waals surface area contributed by atoms with E-state index in [0.29, 0.717) is 5.95 Å². The third-order valence-electron chi connectivity index (χ3n) is 13.4. The molecule has 0 amide bonds. The third-order valence-corrected chi connectivity index (χ3v) is 13.4. The summed E-state index contributed by atoms with van der Waals surface area (Å²) in [6.45, 7) is 9.72. The molecule has 0 bridgehead atoms. The van der Waals surface area contributed by atoms with Gasteiger partial charge in [0, 0.05) is 43.6 Å². The van der Waals surface area contributed by atoms with E-state index in [9.17, 15) is 0 Å². The Morgan fingerprint density at radius 1 is 0.431 bits per heavy atom. The van der Waals surface area contributed by atoms with Crippen molar-refractivity contribution in [1.82, 2.24) is 19.1 Å². The normalized spacial score (nSPS) is 15.0. The van der Waals surface area contributed by atoms with E-state index in [0.717, 1.165) is 50.4 Å². The average Bonchev–Trinajstić information content (AvgIpc) is 3.78. The minimum atomic E-state index is 0.0599. The van der Waals surface area contributed by atoms with Crippen LogP contribution in [-0.2, 0) is 10.8 Å². The first-order valence-corrected chi connectivity index (χ1v) is 20.6. The first-order chi connectivity index (χ1) is 28.3. The van der Waals surface area contributed by atoms with Crippen molar-refractivity contribution in [3.8, 4) is 22.9 Å². The van der Waals surface area contributed by atoms with Gasteiger partial charge >= 0.3 is 0 Å². The lowest BCUT2D eigenvalue weighted by molar-refractivity contribution is 0.332. The molecule has 0 saturated heterocycles. The lowest BCUT2D eigenvalue weighted by Gasteiger charge is -2.42. The van der Waals surface area contributed by atoms with Crippen molar-refractivity contribution in [2.45, 2.75) is 51.4 Å². The van der Waals surface area contributed by atoms with Gasteiger partial charge in [0.15, 0.2) is 0 Å². The van der Waals surface area contributed by atoms with Crippen molar-refractivity contribution < 1.29 is 0 Å². The maximum absolute atomic E-state index is 5.55. The van der Waals surface area contributed by atoms with Crippen LogP contribution in [0.3, 0.4) is 0 Å². The molecule has 3 aromatic heterocycles. The third kappa shape index (κ3) is 4.63. The largest absolute Gasteiger partial charge is 0.309 e. The van der Waals surface area contributed by atoms with Gasteiger partial charge in [0.05, 0.1) is 33.3 Å². The number of hydrogen-bond donors (Lipinski definition) is 0. The summed E-state index contributed by atoms with van der Waals surface area (Å²) < 4.78 is 4.84. The summed E-state index contributed by atoms with van der Waals surface area (Å²) in [6.07, 6.45) is 2.33. The zero-order valence-electron chi connectivity index (χ0n) is 33.2. The second-order valence-electron chi connectivity index (χ2n) is 17.6. The predicted molar refractivity (Wildman–Crippen MR) is 244 cm³/mol. The highest BCUT2D eigenvalue weighted by atomic mass is 15.2. The zero-order chi connectivity index (χ0) is 38.9. The molecule has 0 N–H and O–H groups in total. The lowest BCUT2D eigenvalue weighted by Crippen LogP contribution is -2.33. The second kappa shape index (κ2) is 11.9. The molecule has 1 aliphatic carbocycles. The fraction of sp³-hybridized carbons (Fsp3) is 0.148. The maximum Gasteiger partial charge on any atom is 0.235 e. The molecule has 58 heavy (non-hydrogen) atoms. The Hall–Kier alpha value is -6.78. The van der Waals surface area contributed by atoms with Crippen LogP contribution in [0.15, 0.2) is 158 Å². The first-order valence-electron chi connectivity index (χ1n) is 20.6. The SMILES string of the molecule is CC1(C)CCC(C)(C)c2cc3c(cc21)c1c2c4c5ccccc5ccc4n(-c4nc(-c5ccccc5)c5ccc6ccccc6c5n4)c2ccc1n3-c1ccccc1. The Morgan fingerprint density at radius 2 is 0.983 bits per heavy atom. The summed E-state index contributed by atoms with van der Waals surface area (Å²) in [4.78, 5) is 11.1. The van der Waals surface area contributed by atoms with Gasteiger partial charge < -0.3 is 4.57 Å². The maximum atomic E-state index is 5.55. The number of fused-ring (bicyclic) bond motifs is 13. The molecule has 0 aliphatic heterocycles. The molecular formula is C54H42N4. The molecule has 0 radical (unpaired) electrons. The van der Waals surface area contributed by atoms with Crippen molar-refractivity contribution >= 4 is 76.1 Å². The molecule has 12 rings (SSSR count). The molecule has 4 nitrogen and oxygen atoms in total. The molecule has 8 aromatic carbocycles. The molecule has 0 atom stereocenters. The molecule has 4 heteroatoms. The van der Waals surface area contributed by atoms with Crippen molar-refractivity contribution in [3.05, 3.63) is 169 Å². The standard InChI is InChI=1S/C54H42N4/c1-53(2)29-30-54(3,4)42-32-46-40(31-41(42)53)48-43(57(46)36-19-9-6-10-20-36)27-28-45-49(48)47-37-21-13-11-15-33(37)24-26-44(47)58(45)52-55-50(35-17-7-5-8-18-35)39-25-23-34-16-12-14-22-38(34)51(39)56-52/h5-28,31-32H,29-30H2,1-4H3. The van der Waals surface area contributed by atoms with Gasteiger partial charge in [-0.2, -0.15) is 0 Å². The Kier molecular flexibility index (Phi) is 6.83. The van der Waals surface area contributed by atoms with Gasteiger partial charge in [-0.1, -0.05) is 137 Å². The summed E-state index contributed by atoms with van der Waals surface area (Å²) in [6, 6.07) is 57.6. The Balaban J connectivity index is 1.30. The van der Waals surface area contributed by atoms with E-state index in [1.54, 1.807) is 0 Å². The molecule has 0 spiro atoms. The van der Waals surface area contributed by atoms with Gasteiger partial charge in [0.2, 0.25) is 5.95 Å². The number of hydrogen-bond acceptors (Lipinski definition) is 2. The highest BCUT2D eigenvalue weighted by Gasteiger charge is 2.38. The second-order valence-corrected chi connectivity index (χ2v) is 17.6. The summed E-state index contributed by atoms with van der Waals surface area (Å²) in [5, 5.41) is 10.8. The van der Waals surface area contributed by atoms with E-state index in [-0.39, 0.29) is 10.8 Å². The van der Waals surface area contributed by atoms with Crippen LogP contribution in [0.25, 0.3) is 99.0 Å². The van der Waals surface area contributed by atoms with E-state index < -0.39 is 0 Å². The average molecular weight is 747 g/mol. The van der Waals surface area contributed by atoms with E-state index in [1.165, 1.54) is 66.6 Å². The number of nitrogens with zero attached hydrogens (tertiary/aromatic N) is 4. The fourth-order valence-electron chi connectivity index (χ4n) is 10.3. The quantitative estimate of drug-likeness (QED) is 0.169. The number of para-hydroxylation sites is 1. The Morgan fingerprint density at radius 3 is 1.72 bits per heavy atom. The van der Waals surface area contributed by atoms with Crippen LogP contribution in [0, 0.1) is 0 Å². The summed E-state index contributed by atoms with van der Waals surface area (Å²) >= 11 is 0. The smallest absolute Gasteiger partial charge is 0.235 e. The molecule has 3 heterocycles. The minimum Gasteiger partial charge on any atom is -0.309 e. The van der Waals surface area contributed by atoms with Gasteiger partial charge in [0.25, 0.3) is 0 Å². The molecule has 1 aliphatic rings. The summed E-state index contributed by atoms with van der Waals surface area (Å²) in [7, 11) is 0. The predicted octanol–water partition coefficient (Wildman–Crippen LogP) is 14.1. The number of aromatic nitrogens is 4. The van der Waals surface area contributed by atoms with Crippen molar-refractivity contribution in [2.75, 3.05) is 0 Å². The molecule has 11 aromatic rings. The van der Waals surface area contributed by atoms with Crippen LogP contribution in [0.4, 0.5) is 0 Å². The van der Waals surface area contributed by atoms with Crippen LogP contribution in [0.2, 0.25) is 0 Å². The molecule has 0 unspecified atom stereocenters. The van der Waals surface area contributed by atoms with Gasteiger partial charge in [-0.15, -0.1) is 0 Å². The lowest BCUT2D eigenvalue weighted by atomic mass is 9.63. The van der Waals surface area contributed by atoms with E-state index in [2.05, 4.69) is 195 Å².